The normalized spacial score (nSPS) is 12.5. The van der Waals surface area contributed by atoms with Crippen LogP contribution in [0.5, 0.6) is 0 Å². The average Bonchev–Trinajstić information content (AvgIpc) is 2.09. The molecule has 0 saturated carbocycles. The zero-order valence-electron chi connectivity index (χ0n) is 6.53. The molecule has 1 aromatic rings. The van der Waals surface area contributed by atoms with Gasteiger partial charge in [-0.25, -0.2) is 4.39 Å². The van der Waals surface area contributed by atoms with E-state index < -0.39 is 6.04 Å². The smallest absolute Gasteiger partial charge is 0.137 e. The van der Waals surface area contributed by atoms with Crippen LogP contribution in [0.2, 0.25) is 0 Å². The Bertz CT molecular complexity index is 275. The first kappa shape index (κ1) is 8.87. The predicted molar refractivity (Wildman–Crippen MR) is 44.1 cm³/mol. The van der Waals surface area contributed by atoms with Crippen molar-refractivity contribution in [3.8, 4) is 0 Å². The van der Waals surface area contributed by atoms with E-state index in [-0.39, 0.29) is 12.2 Å². The third-order valence-corrected chi connectivity index (χ3v) is 1.59. The molecule has 64 valence electrons. The van der Waals surface area contributed by atoms with Crippen LogP contribution >= 0.6 is 0 Å². The van der Waals surface area contributed by atoms with Crippen molar-refractivity contribution in [3.05, 3.63) is 35.6 Å². The van der Waals surface area contributed by atoms with E-state index in [1.54, 1.807) is 18.2 Å². The van der Waals surface area contributed by atoms with Crippen LogP contribution in [0, 0.1) is 5.82 Å². The van der Waals surface area contributed by atoms with Crippen LogP contribution in [0.3, 0.4) is 0 Å². The molecule has 0 aliphatic carbocycles. The zero-order chi connectivity index (χ0) is 8.97. The molecule has 12 heavy (non-hydrogen) atoms. The maximum Gasteiger partial charge on any atom is 0.137 e. The van der Waals surface area contributed by atoms with Gasteiger partial charge in [0.15, 0.2) is 0 Å². The highest BCUT2D eigenvalue weighted by Crippen LogP contribution is 2.07. The second-order valence-electron chi connectivity index (χ2n) is 2.60. The Kier molecular flexibility index (Phi) is 2.94. The second kappa shape index (κ2) is 3.97. The number of aldehydes is 1. The van der Waals surface area contributed by atoms with Crippen molar-refractivity contribution in [1.82, 2.24) is 0 Å². The molecule has 0 amide bonds. The summed E-state index contributed by atoms with van der Waals surface area (Å²) in [6, 6.07) is 5.69. The molecular weight excluding hydrogens is 157 g/mol. The Morgan fingerprint density at radius 2 is 2.17 bits per heavy atom. The standard InChI is InChI=1S/C9H10FNO/c10-9-4-2-1-3-7(9)5-8(11)6-12/h1-4,6,8H,5,11H2. The summed E-state index contributed by atoms with van der Waals surface area (Å²) in [7, 11) is 0. The van der Waals surface area contributed by atoms with Crippen molar-refractivity contribution in [1.29, 1.82) is 0 Å². The Hall–Kier alpha value is -1.22. The molecule has 1 aromatic carbocycles. The van der Waals surface area contributed by atoms with Crippen LogP contribution < -0.4 is 5.73 Å². The van der Waals surface area contributed by atoms with Gasteiger partial charge in [-0.3, -0.25) is 0 Å². The zero-order valence-corrected chi connectivity index (χ0v) is 6.53. The van der Waals surface area contributed by atoms with Gasteiger partial charge in [-0.2, -0.15) is 0 Å². The van der Waals surface area contributed by atoms with Crippen molar-refractivity contribution < 1.29 is 9.18 Å². The third-order valence-electron chi connectivity index (χ3n) is 1.59. The molecular formula is C9H10FNO. The van der Waals surface area contributed by atoms with E-state index in [2.05, 4.69) is 0 Å². The quantitative estimate of drug-likeness (QED) is 0.679. The molecule has 2 nitrogen and oxygen atoms in total. The molecule has 0 saturated heterocycles. The van der Waals surface area contributed by atoms with Gasteiger partial charge in [-0.1, -0.05) is 18.2 Å². The molecule has 0 aliphatic rings. The van der Waals surface area contributed by atoms with Crippen molar-refractivity contribution in [2.75, 3.05) is 0 Å². The van der Waals surface area contributed by atoms with Crippen LogP contribution in [0.4, 0.5) is 4.39 Å². The van der Waals surface area contributed by atoms with Gasteiger partial charge in [0, 0.05) is 0 Å². The molecule has 0 heterocycles. The van der Waals surface area contributed by atoms with Gasteiger partial charge in [0.2, 0.25) is 0 Å². The second-order valence-corrected chi connectivity index (χ2v) is 2.60. The van der Waals surface area contributed by atoms with Gasteiger partial charge >= 0.3 is 0 Å². The average molecular weight is 167 g/mol. The van der Waals surface area contributed by atoms with Crippen molar-refractivity contribution in [3.63, 3.8) is 0 Å². The molecule has 0 spiro atoms. The largest absolute Gasteiger partial charge is 0.321 e. The van der Waals surface area contributed by atoms with E-state index in [4.69, 9.17) is 5.73 Å². The SMILES string of the molecule is NC(C=O)Cc1ccccc1F. The third kappa shape index (κ3) is 2.13. The molecule has 0 aromatic heterocycles. The molecule has 3 heteroatoms. The number of rotatable bonds is 3. The van der Waals surface area contributed by atoms with Crippen LogP contribution in [0.15, 0.2) is 24.3 Å². The van der Waals surface area contributed by atoms with Gasteiger partial charge in [0.25, 0.3) is 0 Å². The summed E-state index contributed by atoms with van der Waals surface area (Å²) in [6.45, 7) is 0. The number of carbonyl (C=O) groups excluding carboxylic acids is 1. The van der Waals surface area contributed by atoms with E-state index in [0.29, 0.717) is 11.8 Å². The van der Waals surface area contributed by atoms with Gasteiger partial charge in [-0.05, 0) is 18.1 Å². The number of carbonyl (C=O) groups is 1. The van der Waals surface area contributed by atoms with Crippen LogP contribution in [0.1, 0.15) is 5.56 Å². The summed E-state index contributed by atoms with van der Waals surface area (Å²) >= 11 is 0. The first-order valence-corrected chi connectivity index (χ1v) is 3.68. The van der Waals surface area contributed by atoms with E-state index in [1.165, 1.54) is 6.07 Å². The predicted octanol–water partition coefficient (Wildman–Crippen LogP) is 0.894. The van der Waals surface area contributed by atoms with E-state index in [0.717, 1.165) is 0 Å². The van der Waals surface area contributed by atoms with E-state index in [1.807, 2.05) is 0 Å². The minimum atomic E-state index is -0.609. The fourth-order valence-electron chi connectivity index (χ4n) is 0.966. The monoisotopic (exact) mass is 167 g/mol. The van der Waals surface area contributed by atoms with E-state index >= 15 is 0 Å². The maximum atomic E-state index is 12.9. The topological polar surface area (TPSA) is 43.1 Å². The first-order chi connectivity index (χ1) is 5.74. The number of halogens is 1. The lowest BCUT2D eigenvalue weighted by molar-refractivity contribution is -0.108. The molecule has 0 radical (unpaired) electrons. The maximum absolute atomic E-state index is 12.9. The minimum Gasteiger partial charge on any atom is -0.321 e. The molecule has 0 bridgehead atoms. The number of hydrogen-bond donors (Lipinski definition) is 1. The summed E-state index contributed by atoms with van der Waals surface area (Å²) in [5, 5.41) is 0. The summed E-state index contributed by atoms with van der Waals surface area (Å²) in [5.41, 5.74) is 5.82. The first-order valence-electron chi connectivity index (χ1n) is 3.68. The Balaban J connectivity index is 2.75. The number of nitrogens with two attached hydrogens (primary N) is 1. The lowest BCUT2D eigenvalue weighted by Crippen LogP contribution is -2.24. The molecule has 0 fully saturated rings. The highest BCUT2D eigenvalue weighted by atomic mass is 19.1. The Morgan fingerprint density at radius 3 is 2.75 bits per heavy atom. The van der Waals surface area contributed by atoms with Gasteiger partial charge in [0.05, 0.1) is 6.04 Å². The molecule has 1 unspecified atom stereocenters. The van der Waals surface area contributed by atoms with Gasteiger partial charge < -0.3 is 10.5 Å². The molecule has 2 N–H and O–H groups in total. The minimum absolute atomic E-state index is 0.260. The number of benzene rings is 1. The van der Waals surface area contributed by atoms with Crippen LogP contribution in [0.25, 0.3) is 0 Å². The van der Waals surface area contributed by atoms with Gasteiger partial charge in [0.1, 0.15) is 12.1 Å². The highest BCUT2D eigenvalue weighted by molar-refractivity contribution is 5.57. The molecule has 1 atom stereocenters. The summed E-state index contributed by atoms with van der Waals surface area (Å²) in [5.74, 6) is -0.310. The van der Waals surface area contributed by atoms with Crippen LogP contribution in [-0.2, 0) is 11.2 Å². The summed E-state index contributed by atoms with van der Waals surface area (Å²) in [6.07, 6.45) is 0.878. The molecule has 0 aliphatic heterocycles. The van der Waals surface area contributed by atoms with Crippen molar-refractivity contribution in [2.24, 2.45) is 5.73 Å². The van der Waals surface area contributed by atoms with Crippen LogP contribution in [-0.4, -0.2) is 12.3 Å². The fraction of sp³-hybridized carbons (Fsp3) is 0.222. The van der Waals surface area contributed by atoms with Crippen molar-refractivity contribution >= 4 is 6.29 Å². The fourth-order valence-corrected chi connectivity index (χ4v) is 0.966. The highest BCUT2D eigenvalue weighted by Gasteiger charge is 2.05. The van der Waals surface area contributed by atoms with Crippen molar-refractivity contribution in [2.45, 2.75) is 12.5 Å². The Morgan fingerprint density at radius 1 is 1.50 bits per heavy atom. The van der Waals surface area contributed by atoms with E-state index in [9.17, 15) is 9.18 Å². The number of hydrogen-bond acceptors (Lipinski definition) is 2. The Labute approximate surface area is 70.2 Å². The summed E-state index contributed by atoms with van der Waals surface area (Å²) < 4.78 is 12.9. The lowest BCUT2D eigenvalue weighted by Gasteiger charge is -2.04. The summed E-state index contributed by atoms with van der Waals surface area (Å²) in [4.78, 5) is 10.2. The lowest BCUT2D eigenvalue weighted by atomic mass is 10.1. The molecule has 1 rings (SSSR count). The van der Waals surface area contributed by atoms with Gasteiger partial charge in [-0.15, -0.1) is 0 Å².